The molecule has 0 amide bonds. The quantitative estimate of drug-likeness (QED) is 0.691. The van der Waals surface area contributed by atoms with Crippen LogP contribution in [0.4, 0.5) is 0 Å². The predicted octanol–water partition coefficient (Wildman–Crippen LogP) is 2.01. The summed E-state index contributed by atoms with van der Waals surface area (Å²) in [4.78, 5) is 5.63. The van der Waals surface area contributed by atoms with Crippen LogP contribution in [0.25, 0.3) is 0 Å². The number of methoxy groups -OCH3 is 1. The molecule has 0 fully saturated rings. The molecule has 1 rings (SSSR count). The summed E-state index contributed by atoms with van der Waals surface area (Å²) in [6, 6.07) is 0. The van der Waals surface area contributed by atoms with Gasteiger partial charge in [0.15, 0.2) is 0 Å². The first-order valence-electron chi connectivity index (χ1n) is 5.43. The van der Waals surface area contributed by atoms with E-state index in [1.807, 2.05) is 5.51 Å². The highest BCUT2D eigenvalue weighted by Crippen LogP contribution is 2.11. The van der Waals surface area contributed by atoms with Crippen LogP contribution in [0.15, 0.2) is 5.51 Å². The lowest BCUT2D eigenvalue weighted by molar-refractivity contribution is 0.192. The Morgan fingerprint density at radius 1 is 1.40 bits per heavy atom. The van der Waals surface area contributed by atoms with Gasteiger partial charge in [-0.1, -0.05) is 0 Å². The number of nitrogens with one attached hydrogen (secondary N) is 1. The summed E-state index contributed by atoms with van der Waals surface area (Å²) in [7, 11) is 1.75. The molecule has 0 aromatic carbocycles. The predicted molar refractivity (Wildman–Crippen MR) is 64.5 cm³/mol. The average molecular weight is 228 g/mol. The normalized spacial score (nSPS) is 10.8. The van der Waals surface area contributed by atoms with E-state index >= 15 is 0 Å². The Balaban J connectivity index is 1.96. The van der Waals surface area contributed by atoms with Crippen LogP contribution in [0.3, 0.4) is 0 Å². The van der Waals surface area contributed by atoms with Gasteiger partial charge in [-0.15, -0.1) is 11.3 Å². The number of nitrogens with zero attached hydrogens (tertiary/aromatic N) is 1. The van der Waals surface area contributed by atoms with Crippen molar-refractivity contribution in [1.82, 2.24) is 10.3 Å². The Morgan fingerprint density at radius 2 is 2.27 bits per heavy atom. The Kier molecular flexibility index (Phi) is 6.55. The van der Waals surface area contributed by atoms with Crippen LogP contribution in [-0.4, -0.2) is 31.8 Å². The Morgan fingerprint density at radius 3 is 2.93 bits per heavy atom. The van der Waals surface area contributed by atoms with Gasteiger partial charge in [0, 0.05) is 25.1 Å². The average Bonchev–Trinajstić information content (AvgIpc) is 2.63. The van der Waals surface area contributed by atoms with E-state index in [-0.39, 0.29) is 0 Å². The summed E-state index contributed by atoms with van der Waals surface area (Å²) >= 11 is 1.75. The number of aryl methyl sites for hydroxylation is 1. The standard InChI is InChI=1S/C11H20N2OS/c1-10-11(15-9-13-10)5-7-12-6-3-4-8-14-2/h9,12H,3-8H2,1-2H3. The molecule has 0 aliphatic rings. The molecule has 1 N–H and O–H groups in total. The van der Waals surface area contributed by atoms with E-state index in [9.17, 15) is 0 Å². The first-order valence-corrected chi connectivity index (χ1v) is 6.31. The number of thiazole rings is 1. The SMILES string of the molecule is COCCCCNCCc1scnc1C. The van der Waals surface area contributed by atoms with E-state index in [1.54, 1.807) is 18.4 Å². The van der Waals surface area contributed by atoms with Crippen molar-refractivity contribution in [2.75, 3.05) is 26.8 Å². The summed E-state index contributed by atoms with van der Waals surface area (Å²) in [6.07, 6.45) is 3.43. The van der Waals surface area contributed by atoms with Gasteiger partial charge in [0.25, 0.3) is 0 Å². The van der Waals surface area contributed by atoms with Gasteiger partial charge in [-0.2, -0.15) is 0 Å². The van der Waals surface area contributed by atoms with Crippen molar-refractivity contribution >= 4 is 11.3 Å². The highest BCUT2D eigenvalue weighted by atomic mass is 32.1. The second-order valence-electron chi connectivity index (χ2n) is 3.56. The van der Waals surface area contributed by atoms with Crippen LogP contribution < -0.4 is 5.32 Å². The minimum Gasteiger partial charge on any atom is -0.385 e. The van der Waals surface area contributed by atoms with Crippen molar-refractivity contribution in [3.8, 4) is 0 Å². The van der Waals surface area contributed by atoms with Gasteiger partial charge in [-0.25, -0.2) is 4.98 Å². The fourth-order valence-electron chi connectivity index (χ4n) is 1.39. The van der Waals surface area contributed by atoms with Crippen molar-refractivity contribution in [2.45, 2.75) is 26.2 Å². The summed E-state index contributed by atoms with van der Waals surface area (Å²) in [5.74, 6) is 0. The van der Waals surface area contributed by atoms with Crippen LogP contribution in [0.5, 0.6) is 0 Å². The Hall–Kier alpha value is -0.450. The van der Waals surface area contributed by atoms with E-state index < -0.39 is 0 Å². The molecule has 0 aliphatic heterocycles. The smallest absolute Gasteiger partial charge is 0.0797 e. The molecule has 4 heteroatoms. The maximum atomic E-state index is 4.99. The molecule has 1 aromatic heterocycles. The van der Waals surface area contributed by atoms with Crippen molar-refractivity contribution in [1.29, 1.82) is 0 Å². The van der Waals surface area contributed by atoms with Crippen molar-refractivity contribution in [2.24, 2.45) is 0 Å². The second-order valence-corrected chi connectivity index (χ2v) is 4.50. The molecule has 0 saturated heterocycles. The molecule has 3 nitrogen and oxygen atoms in total. The number of ether oxygens (including phenoxy) is 1. The van der Waals surface area contributed by atoms with Crippen LogP contribution in [-0.2, 0) is 11.2 Å². The fraction of sp³-hybridized carbons (Fsp3) is 0.727. The molecule has 86 valence electrons. The van der Waals surface area contributed by atoms with Crippen LogP contribution in [0.2, 0.25) is 0 Å². The van der Waals surface area contributed by atoms with Gasteiger partial charge in [0.1, 0.15) is 0 Å². The maximum absolute atomic E-state index is 4.99. The summed E-state index contributed by atoms with van der Waals surface area (Å²) in [5.41, 5.74) is 3.10. The van der Waals surface area contributed by atoms with Crippen LogP contribution >= 0.6 is 11.3 Å². The van der Waals surface area contributed by atoms with Crippen molar-refractivity contribution < 1.29 is 4.74 Å². The molecular formula is C11H20N2OS. The molecule has 0 aliphatic carbocycles. The molecule has 0 spiro atoms. The zero-order valence-corrected chi connectivity index (χ0v) is 10.4. The van der Waals surface area contributed by atoms with E-state index in [2.05, 4.69) is 17.2 Å². The van der Waals surface area contributed by atoms with E-state index in [4.69, 9.17) is 4.74 Å². The number of aromatic nitrogens is 1. The zero-order valence-electron chi connectivity index (χ0n) is 9.58. The number of unbranched alkanes of at least 4 members (excludes halogenated alkanes) is 1. The topological polar surface area (TPSA) is 34.1 Å². The third-order valence-corrected chi connectivity index (χ3v) is 3.32. The molecule has 15 heavy (non-hydrogen) atoms. The molecule has 0 saturated carbocycles. The third kappa shape index (κ3) is 5.25. The van der Waals surface area contributed by atoms with Gasteiger partial charge in [-0.05, 0) is 32.7 Å². The van der Waals surface area contributed by atoms with Gasteiger partial charge in [-0.3, -0.25) is 0 Å². The molecule has 0 unspecified atom stereocenters. The number of rotatable bonds is 8. The fourth-order valence-corrected chi connectivity index (χ4v) is 2.17. The molecule has 0 atom stereocenters. The lowest BCUT2D eigenvalue weighted by Crippen LogP contribution is -2.18. The zero-order chi connectivity index (χ0) is 10.9. The summed E-state index contributed by atoms with van der Waals surface area (Å²) in [5, 5.41) is 3.43. The highest BCUT2D eigenvalue weighted by molar-refractivity contribution is 7.09. The minimum atomic E-state index is 0.871. The van der Waals surface area contributed by atoms with Gasteiger partial charge >= 0.3 is 0 Å². The Labute approximate surface area is 95.9 Å². The third-order valence-electron chi connectivity index (χ3n) is 2.33. The monoisotopic (exact) mass is 228 g/mol. The minimum absolute atomic E-state index is 0.871. The summed E-state index contributed by atoms with van der Waals surface area (Å²) < 4.78 is 4.99. The molecule has 1 heterocycles. The first kappa shape index (κ1) is 12.6. The molecule has 0 bridgehead atoms. The highest BCUT2D eigenvalue weighted by Gasteiger charge is 1.99. The van der Waals surface area contributed by atoms with Gasteiger partial charge < -0.3 is 10.1 Å². The first-order chi connectivity index (χ1) is 7.34. The lowest BCUT2D eigenvalue weighted by atomic mass is 10.3. The van der Waals surface area contributed by atoms with E-state index in [0.717, 1.165) is 32.5 Å². The molecular weight excluding hydrogens is 208 g/mol. The van der Waals surface area contributed by atoms with Crippen molar-refractivity contribution in [3.63, 3.8) is 0 Å². The number of hydrogen-bond donors (Lipinski definition) is 1. The largest absolute Gasteiger partial charge is 0.385 e. The van der Waals surface area contributed by atoms with Crippen molar-refractivity contribution in [3.05, 3.63) is 16.1 Å². The maximum Gasteiger partial charge on any atom is 0.0797 e. The summed E-state index contributed by atoms with van der Waals surface area (Å²) in [6.45, 7) is 5.08. The van der Waals surface area contributed by atoms with E-state index in [1.165, 1.54) is 17.0 Å². The second kappa shape index (κ2) is 7.79. The molecule has 1 aromatic rings. The lowest BCUT2D eigenvalue weighted by Gasteiger charge is -2.03. The van der Waals surface area contributed by atoms with E-state index in [0.29, 0.717) is 0 Å². The van der Waals surface area contributed by atoms with Crippen LogP contribution in [0, 0.1) is 6.92 Å². The molecule has 0 radical (unpaired) electrons. The van der Waals surface area contributed by atoms with Gasteiger partial charge in [0.05, 0.1) is 11.2 Å². The van der Waals surface area contributed by atoms with Crippen LogP contribution in [0.1, 0.15) is 23.4 Å². The Bertz CT molecular complexity index is 263. The van der Waals surface area contributed by atoms with Gasteiger partial charge in [0.2, 0.25) is 0 Å². The number of hydrogen-bond acceptors (Lipinski definition) is 4.